The summed E-state index contributed by atoms with van der Waals surface area (Å²) in [5.74, 6) is 0. The van der Waals surface area contributed by atoms with Gasteiger partial charge in [-0.1, -0.05) is 22.0 Å². The average molecular weight is 253 g/mol. The quantitative estimate of drug-likeness (QED) is 0.757. The van der Waals surface area contributed by atoms with E-state index in [0.29, 0.717) is 6.04 Å². The van der Waals surface area contributed by atoms with Gasteiger partial charge in [0.2, 0.25) is 0 Å². The number of halogens is 1. The van der Waals surface area contributed by atoms with Crippen molar-refractivity contribution in [2.24, 2.45) is 0 Å². The Morgan fingerprint density at radius 2 is 2.07 bits per heavy atom. The standard InChI is InChI=1S/C11H13BrN2/c1-7(2)14-8(3)11-9(12)5-4-6-10(11)13-14/h4-7H,1-3H3. The Hall–Kier alpha value is -0.830. The first-order valence-electron chi connectivity index (χ1n) is 4.74. The van der Waals surface area contributed by atoms with E-state index in [4.69, 9.17) is 0 Å². The van der Waals surface area contributed by atoms with Gasteiger partial charge in [-0.25, -0.2) is 0 Å². The molecule has 2 rings (SSSR count). The minimum absolute atomic E-state index is 0.411. The molecule has 0 spiro atoms. The largest absolute Gasteiger partial charge is 0.266 e. The van der Waals surface area contributed by atoms with Crippen LogP contribution in [-0.4, -0.2) is 9.78 Å². The van der Waals surface area contributed by atoms with E-state index in [1.807, 2.05) is 12.1 Å². The zero-order chi connectivity index (χ0) is 10.3. The van der Waals surface area contributed by atoms with Crippen molar-refractivity contribution < 1.29 is 0 Å². The maximum Gasteiger partial charge on any atom is 0.0937 e. The first kappa shape index (κ1) is 9.71. The molecule has 0 aliphatic carbocycles. The highest BCUT2D eigenvalue weighted by molar-refractivity contribution is 9.10. The smallest absolute Gasteiger partial charge is 0.0937 e. The summed E-state index contributed by atoms with van der Waals surface area (Å²) in [7, 11) is 0. The predicted octanol–water partition coefficient (Wildman–Crippen LogP) is 3.69. The molecule has 0 aliphatic rings. The summed E-state index contributed by atoms with van der Waals surface area (Å²) in [6.45, 7) is 6.40. The fraction of sp³-hybridized carbons (Fsp3) is 0.364. The van der Waals surface area contributed by atoms with Crippen LogP contribution in [0, 0.1) is 6.92 Å². The molecule has 0 saturated carbocycles. The molecule has 2 nitrogen and oxygen atoms in total. The molecule has 0 atom stereocenters. The number of rotatable bonds is 1. The number of nitrogens with zero attached hydrogens (tertiary/aromatic N) is 2. The Kier molecular flexibility index (Phi) is 2.35. The van der Waals surface area contributed by atoms with Crippen LogP contribution in [0.2, 0.25) is 0 Å². The summed E-state index contributed by atoms with van der Waals surface area (Å²) < 4.78 is 3.19. The molecule has 1 aromatic carbocycles. The Balaban J connectivity index is 2.81. The average Bonchev–Trinajstić information content (AvgIpc) is 2.45. The van der Waals surface area contributed by atoms with Crippen LogP contribution < -0.4 is 0 Å². The van der Waals surface area contributed by atoms with Crippen molar-refractivity contribution >= 4 is 26.8 Å². The lowest BCUT2D eigenvalue weighted by molar-refractivity contribution is 0.524. The summed E-state index contributed by atoms with van der Waals surface area (Å²) >= 11 is 3.56. The minimum Gasteiger partial charge on any atom is -0.266 e. The van der Waals surface area contributed by atoms with E-state index in [1.165, 1.54) is 11.1 Å². The summed E-state index contributed by atoms with van der Waals surface area (Å²) in [5.41, 5.74) is 2.29. The summed E-state index contributed by atoms with van der Waals surface area (Å²) in [6, 6.07) is 6.53. The highest BCUT2D eigenvalue weighted by Gasteiger charge is 2.11. The second-order valence-electron chi connectivity index (χ2n) is 3.76. The number of benzene rings is 1. The van der Waals surface area contributed by atoms with E-state index < -0.39 is 0 Å². The van der Waals surface area contributed by atoms with Gasteiger partial charge >= 0.3 is 0 Å². The molecule has 3 heteroatoms. The molecule has 0 bridgehead atoms. The third-order valence-electron chi connectivity index (χ3n) is 2.40. The van der Waals surface area contributed by atoms with Gasteiger partial charge in [-0.05, 0) is 32.9 Å². The van der Waals surface area contributed by atoms with E-state index in [-0.39, 0.29) is 0 Å². The maximum absolute atomic E-state index is 4.56. The van der Waals surface area contributed by atoms with Crippen molar-refractivity contribution in [1.82, 2.24) is 9.78 Å². The van der Waals surface area contributed by atoms with Gasteiger partial charge < -0.3 is 0 Å². The van der Waals surface area contributed by atoms with Gasteiger partial charge in [0.1, 0.15) is 0 Å². The lowest BCUT2D eigenvalue weighted by Gasteiger charge is -2.07. The number of aromatic nitrogens is 2. The van der Waals surface area contributed by atoms with Gasteiger partial charge in [0.25, 0.3) is 0 Å². The second-order valence-corrected chi connectivity index (χ2v) is 4.61. The van der Waals surface area contributed by atoms with Crippen LogP contribution in [-0.2, 0) is 0 Å². The van der Waals surface area contributed by atoms with Crippen molar-refractivity contribution in [3.63, 3.8) is 0 Å². The lowest BCUT2D eigenvalue weighted by atomic mass is 10.2. The van der Waals surface area contributed by atoms with Gasteiger partial charge in [-0.15, -0.1) is 0 Å². The van der Waals surface area contributed by atoms with E-state index in [9.17, 15) is 0 Å². The lowest BCUT2D eigenvalue weighted by Crippen LogP contribution is -2.04. The van der Waals surface area contributed by atoms with Crippen LogP contribution in [0.4, 0.5) is 0 Å². The predicted molar refractivity (Wildman–Crippen MR) is 62.6 cm³/mol. The molecule has 0 radical (unpaired) electrons. The minimum atomic E-state index is 0.411. The molecular formula is C11H13BrN2. The van der Waals surface area contributed by atoms with Crippen molar-refractivity contribution in [2.75, 3.05) is 0 Å². The van der Waals surface area contributed by atoms with E-state index in [2.05, 4.69) is 52.5 Å². The number of hydrogen-bond acceptors (Lipinski definition) is 1. The Labute approximate surface area is 92.0 Å². The number of aryl methyl sites for hydroxylation is 1. The van der Waals surface area contributed by atoms with Crippen molar-refractivity contribution in [2.45, 2.75) is 26.8 Å². The fourth-order valence-electron chi connectivity index (χ4n) is 1.76. The van der Waals surface area contributed by atoms with E-state index in [1.54, 1.807) is 0 Å². The molecule has 1 aromatic heterocycles. The zero-order valence-corrected chi connectivity index (χ0v) is 10.2. The molecule has 14 heavy (non-hydrogen) atoms. The maximum atomic E-state index is 4.56. The zero-order valence-electron chi connectivity index (χ0n) is 8.58. The van der Waals surface area contributed by atoms with Gasteiger partial charge in [0.15, 0.2) is 0 Å². The van der Waals surface area contributed by atoms with Crippen LogP contribution in [0.3, 0.4) is 0 Å². The van der Waals surface area contributed by atoms with Gasteiger partial charge in [-0.2, -0.15) is 5.10 Å². The second kappa shape index (κ2) is 3.39. The van der Waals surface area contributed by atoms with Gasteiger partial charge in [-0.3, -0.25) is 4.68 Å². The molecule has 0 aliphatic heterocycles. The molecule has 0 unspecified atom stereocenters. The Morgan fingerprint density at radius 1 is 1.36 bits per heavy atom. The highest BCUT2D eigenvalue weighted by Crippen LogP contribution is 2.27. The van der Waals surface area contributed by atoms with E-state index in [0.717, 1.165) is 9.99 Å². The third-order valence-corrected chi connectivity index (χ3v) is 3.06. The van der Waals surface area contributed by atoms with Gasteiger partial charge in [0.05, 0.1) is 5.52 Å². The highest BCUT2D eigenvalue weighted by atomic mass is 79.9. The topological polar surface area (TPSA) is 17.8 Å². The molecule has 0 saturated heterocycles. The summed E-state index contributed by atoms with van der Waals surface area (Å²) in [6.07, 6.45) is 0. The molecule has 0 amide bonds. The Bertz CT molecular complexity index is 471. The summed E-state index contributed by atoms with van der Waals surface area (Å²) in [5, 5.41) is 5.78. The normalized spacial score (nSPS) is 11.5. The van der Waals surface area contributed by atoms with Crippen LogP contribution in [0.15, 0.2) is 22.7 Å². The molecule has 0 N–H and O–H groups in total. The third kappa shape index (κ3) is 1.36. The Morgan fingerprint density at radius 3 is 2.64 bits per heavy atom. The van der Waals surface area contributed by atoms with Gasteiger partial charge in [0, 0.05) is 21.6 Å². The van der Waals surface area contributed by atoms with Crippen molar-refractivity contribution in [3.8, 4) is 0 Å². The number of hydrogen-bond donors (Lipinski definition) is 0. The van der Waals surface area contributed by atoms with Crippen LogP contribution in [0.25, 0.3) is 10.9 Å². The monoisotopic (exact) mass is 252 g/mol. The first-order chi connectivity index (χ1) is 6.61. The molecule has 74 valence electrons. The SMILES string of the molecule is Cc1c2c(Br)cccc2nn1C(C)C. The first-order valence-corrected chi connectivity index (χ1v) is 5.54. The molecular weight excluding hydrogens is 240 g/mol. The molecule has 1 heterocycles. The fourth-order valence-corrected chi connectivity index (χ4v) is 2.41. The van der Waals surface area contributed by atoms with Crippen LogP contribution in [0.5, 0.6) is 0 Å². The van der Waals surface area contributed by atoms with Crippen LogP contribution in [0.1, 0.15) is 25.6 Å². The molecule has 0 fully saturated rings. The van der Waals surface area contributed by atoms with Crippen molar-refractivity contribution in [1.29, 1.82) is 0 Å². The van der Waals surface area contributed by atoms with Crippen LogP contribution >= 0.6 is 15.9 Å². The van der Waals surface area contributed by atoms with E-state index >= 15 is 0 Å². The molecule has 2 aromatic rings. The van der Waals surface area contributed by atoms with Crippen molar-refractivity contribution in [3.05, 3.63) is 28.4 Å². The number of fused-ring (bicyclic) bond motifs is 1. The summed E-state index contributed by atoms with van der Waals surface area (Å²) in [4.78, 5) is 0.